The second kappa shape index (κ2) is 7.53. The summed E-state index contributed by atoms with van der Waals surface area (Å²) in [7, 11) is 0. The van der Waals surface area contributed by atoms with Gasteiger partial charge in [0.2, 0.25) is 11.8 Å². The standard InChI is InChI=1S/C19H18N2O3S/c1-13-7-5-6-10-15(13)20-17(22)11-16-18(23)21(19(24)25-16)12-14-8-3-2-4-9-14/h2-10,16H,11-12H2,1H3,(H,20,22). The molecule has 0 spiro atoms. The van der Waals surface area contributed by atoms with Gasteiger partial charge in [-0.25, -0.2) is 0 Å². The van der Waals surface area contributed by atoms with Crippen LogP contribution in [0.4, 0.5) is 10.5 Å². The van der Waals surface area contributed by atoms with Crippen molar-refractivity contribution in [3.05, 3.63) is 65.7 Å². The highest BCUT2D eigenvalue weighted by Crippen LogP contribution is 2.31. The van der Waals surface area contributed by atoms with Gasteiger partial charge in [-0.2, -0.15) is 0 Å². The molecule has 1 fully saturated rings. The van der Waals surface area contributed by atoms with E-state index < -0.39 is 5.25 Å². The van der Waals surface area contributed by atoms with E-state index in [1.165, 1.54) is 4.90 Å². The van der Waals surface area contributed by atoms with E-state index in [0.717, 1.165) is 28.6 Å². The van der Waals surface area contributed by atoms with Crippen molar-refractivity contribution < 1.29 is 14.4 Å². The first-order valence-corrected chi connectivity index (χ1v) is 8.84. The fraction of sp³-hybridized carbons (Fsp3) is 0.211. The van der Waals surface area contributed by atoms with Gasteiger partial charge < -0.3 is 5.32 Å². The van der Waals surface area contributed by atoms with Crippen LogP contribution in [0.25, 0.3) is 0 Å². The van der Waals surface area contributed by atoms with Crippen molar-refractivity contribution in [3.8, 4) is 0 Å². The molecule has 1 N–H and O–H groups in total. The highest BCUT2D eigenvalue weighted by atomic mass is 32.2. The summed E-state index contributed by atoms with van der Waals surface area (Å²) in [5, 5.41) is 1.83. The molecule has 25 heavy (non-hydrogen) atoms. The zero-order valence-electron chi connectivity index (χ0n) is 13.8. The van der Waals surface area contributed by atoms with Crippen LogP contribution in [0.1, 0.15) is 17.5 Å². The summed E-state index contributed by atoms with van der Waals surface area (Å²) < 4.78 is 0. The summed E-state index contributed by atoms with van der Waals surface area (Å²) in [5.41, 5.74) is 2.55. The lowest BCUT2D eigenvalue weighted by Crippen LogP contribution is -2.32. The van der Waals surface area contributed by atoms with Crippen LogP contribution in [0.5, 0.6) is 0 Å². The van der Waals surface area contributed by atoms with Crippen LogP contribution in [-0.4, -0.2) is 27.2 Å². The summed E-state index contributed by atoms with van der Waals surface area (Å²) in [6.07, 6.45) is -0.0190. The number of nitrogens with zero attached hydrogens (tertiary/aromatic N) is 1. The van der Waals surface area contributed by atoms with E-state index in [2.05, 4.69) is 5.32 Å². The third-order valence-corrected chi connectivity index (χ3v) is 5.05. The van der Waals surface area contributed by atoms with Crippen LogP contribution < -0.4 is 5.32 Å². The Kier molecular flexibility index (Phi) is 5.19. The molecular weight excluding hydrogens is 336 g/mol. The molecule has 0 bridgehead atoms. The molecule has 1 unspecified atom stereocenters. The number of aryl methyl sites for hydroxylation is 1. The maximum Gasteiger partial charge on any atom is 0.289 e. The fourth-order valence-electron chi connectivity index (χ4n) is 2.62. The van der Waals surface area contributed by atoms with Crippen LogP contribution in [0.15, 0.2) is 54.6 Å². The molecule has 3 rings (SSSR count). The monoisotopic (exact) mass is 354 g/mol. The molecule has 3 amide bonds. The Bertz CT molecular complexity index is 807. The third kappa shape index (κ3) is 4.09. The quantitative estimate of drug-likeness (QED) is 0.891. The maximum atomic E-state index is 12.5. The van der Waals surface area contributed by atoms with Gasteiger partial charge in [-0.05, 0) is 24.1 Å². The average molecular weight is 354 g/mol. The molecule has 1 atom stereocenters. The number of para-hydroxylation sites is 1. The molecule has 1 saturated heterocycles. The van der Waals surface area contributed by atoms with Crippen LogP contribution in [-0.2, 0) is 16.1 Å². The van der Waals surface area contributed by atoms with E-state index in [0.29, 0.717) is 0 Å². The predicted octanol–water partition coefficient (Wildman–Crippen LogP) is 3.59. The summed E-state index contributed by atoms with van der Waals surface area (Å²) in [4.78, 5) is 38.1. The highest BCUT2D eigenvalue weighted by molar-refractivity contribution is 8.15. The molecule has 1 heterocycles. The molecule has 1 aliphatic rings. The molecule has 2 aromatic rings. The number of carbonyl (C=O) groups is 3. The van der Waals surface area contributed by atoms with Crippen LogP contribution in [0.3, 0.4) is 0 Å². The normalized spacial score (nSPS) is 17.0. The minimum Gasteiger partial charge on any atom is -0.326 e. The number of nitrogens with one attached hydrogen (secondary N) is 1. The van der Waals surface area contributed by atoms with Gasteiger partial charge in [0.15, 0.2) is 0 Å². The number of carbonyl (C=O) groups excluding carboxylic acids is 3. The number of benzene rings is 2. The zero-order valence-corrected chi connectivity index (χ0v) is 14.6. The van der Waals surface area contributed by atoms with Crippen molar-refractivity contribution in [2.75, 3.05) is 5.32 Å². The zero-order chi connectivity index (χ0) is 17.8. The van der Waals surface area contributed by atoms with Crippen LogP contribution >= 0.6 is 11.8 Å². The summed E-state index contributed by atoms with van der Waals surface area (Å²) in [6, 6.07) is 16.8. The maximum absolute atomic E-state index is 12.5. The smallest absolute Gasteiger partial charge is 0.289 e. The number of amides is 3. The third-order valence-electron chi connectivity index (χ3n) is 3.98. The first-order valence-electron chi connectivity index (χ1n) is 7.96. The van der Waals surface area contributed by atoms with Crippen molar-refractivity contribution in [2.24, 2.45) is 0 Å². The molecule has 0 aliphatic carbocycles. The number of imide groups is 1. The Morgan fingerprint density at radius 1 is 1.08 bits per heavy atom. The molecular formula is C19H18N2O3S. The van der Waals surface area contributed by atoms with Gasteiger partial charge in [-0.3, -0.25) is 19.3 Å². The fourth-order valence-corrected chi connectivity index (χ4v) is 3.61. The lowest BCUT2D eigenvalue weighted by molar-refractivity contribution is -0.129. The number of rotatable bonds is 5. The Morgan fingerprint density at radius 2 is 1.76 bits per heavy atom. The Balaban J connectivity index is 1.62. The van der Waals surface area contributed by atoms with Crippen molar-refractivity contribution in [2.45, 2.75) is 25.1 Å². The molecule has 0 saturated carbocycles. The second-order valence-electron chi connectivity index (χ2n) is 5.85. The molecule has 2 aromatic carbocycles. The number of thioether (sulfide) groups is 1. The molecule has 1 aliphatic heterocycles. The summed E-state index contributed by atoms with van der Waals surface area (Å²) in [5.74, 6) is -0.576. The van der Waals surface area contributed by atoms with E-state index >= 15 is 0 Å². The first-order chi connectivity index (χ1) is 12.0. The first kappa shape index (κ1) is 17.2. The van der Waals surface area contributed by atoms with Crippen molar-refractivity contribution >= 4 is 34.5 Å². The Hall–Kier alpha value is -2.60. The van der Waals surface area contributed by atoms with E-state index in [1.54, 1.807) is 0 Å². The lowest BCUT2D eigenvalue weighted by atomic mass is 10.2. The average Bonchev–Trinajstić information content (AvgIpc) is 2.85. The van der Waals surface area contributed by atoms with Gasteiger partial charge in [0.1, 0.15) is 5.25 Å². The van der Waals surface area contributed by atoms with Gasteiger partial charge in [0, 0.05) is 12.1 Å². The SMILES string of the molecule is Cc1ccccc1NC(=O)CC1SC(=O)N(Cc2ccccc2)C1=O. The molecule has 6 heteroatoms. The van der Waals surface area contributed by atoms with Crippen molar-refractivity contribution in [1.29, 1.82) is 0 Å². The number of hydrogen-bond donors (Lipinski definition) is 1. The predicted molar refractivity (Wildman–Crippen MR) is 98.2 cm³/mol. The van der Waals surface area contributed by atoms with Crippen LogP contribution in [0, 0.1) is 6.92 Å². The van der Waals surface area contributed by atoms with E-state index in [4.69, 9.17) is 0 Å². The van der Waals surface area contributed by atoms with Gasteiger partial charge >= 0.3 is 0 Å². The number of hydrogen-bond acceptors (Lipinski definition) is 4. The Labute approximate surface area is 150 Å². The molecule has 128 valence electrons. The topological polar surface area (TPSA) is 66.5 Å². The summed E-state index contributed by atoms with van der Waals surface area (Å²) in [6.45, 7) is 2.14. The Morgan fingerprint density at radius 3 is 2.48 bits per heavy atom. The minimum atomic E-state index is -0.666. The second-order valence-corrected chi connectivity index (χ2v) is 7.00. The van der Waals surface area contributed by atoms with Crippen molar-refractivity contribution in [3.63, 3.8) is 0 Å². The van der Waals surface area contributed by atoms with E-state index in [-0.39, 0.29) is 30.0 Å². The van der Waals surface area contributed by atoms with E-state index in [9.17, 15) is 14.4 Å². The van der Waals surface area contributed by atoms with Crippen molar-refractivity contribution in [1.82, 2.24) is 4.90 Å². The minimum absolute atomic E-state index is 0.0190. The highest BCUT2D eigenvalue weighted by Gasteiger charge is 2.40. The largest absolute Gasteiger partial charge is 0.326 e. The molecule has 0 radical (unpaired) electrons. The van der Waals surface area contributed by atoms with Gasteiger partial charge in [-0.1, -0.05) is 60.3 Å². The molecule has 5 nitrogen and oxygen atoms in total. The van der Waals surface area contributed by atoms with Gasteiger partial charge in [0.05, 0.1) is 6.54 Å². The molecule has 0 aromatic heterocycles. The van der Waals surface area contributed by atoms with Crippen LogP contribution in [0.2, 0.25) is 0 Å². The van der Waals surface area contributed by atoms with Gasteiger partial charge in [0.25, 0.3) is 5.24 Å². The summed E-state index contributed by atoms with van der Waals surface area (Å²) >= 11 is 0.921. The number of anilines is 1. The van der Waals surface area contributed by atoms with E-state index in [1.807, 2.05) is 61.5 Å². The lowest BCUT2D eigenvalue weighted by Gasteiger charge is -2.14. The van der Waals surface area contributed by atoms with Gasteiger partial charge in [-0.15, -0.1) is 0 Å².